The van der Waals surface area contributed by atoms with Crippen LogP contribution in [-0.2, 0) is 9.59 Å². The Hall–Kier alpha value is -1.64. The van der Waals surface area contributed by atoms with Gasteiger partial charge in [0.2, 0.25) is 0 Å². The zero-order valence-electron chi connectivity index (χ0n) is 12.9. The molecule has 1 atom stereocenters. The van der Waals surface area contributed by atoms with Gasteiger partial charge in [-0.15, -0.1) is 0 Å². The van der Waals surface area contributed by atoms with Crippen molar-refractivity contribution >= 4 is 11.8 Å². The summed E-state index contributed by atoms with van der Waals surface area (Å²) in [7, 11) is 0. The highest BCUT2D eigenvalue weighted by Crippen LogP contribution is 2.26. The predicted octanol–water partition coefficient (Wildman–Crippen LogP) is 4.45. The van der Waals surface area contributed by atoms with Crippen molar-refractivity contribution in [1.29, 1.82) is 0 Å². The summed E-state index contributed by atoms with van der Waals surface area (Å²) in [5.74, 6) is -0.498. The van der Waals surface area contributed by atoms with Crippen molar-refractivity contribution in [3.8, 4) is 0 Å². The van der Waals surface area contributed by atoms with E-state index in [4.69, 9.17) is 5.11 Å². The Labute approximate surface area is 127 Å². The van der Waals surface area contributed by atoms with Gasteiger partial charge in [-0.2, -0.15) is 0 Å². The minimum atomic E-state index is -0.751. The molecule has 0 saturated carbocycles. The Balaban J connectivity index is 2.38. The van der Waals surface area contributed by atoms with Crippen LogP contribution < -0.4 is 0 Å². The fourth-order valence-electron chi connectivity index (χ4n) is 2.46. The molecule has 3 heteroatoms. The lowest BCUT2D eigenvalue weighted by Crippen LogP contribution is -2.03. The molecule has 0 bridgehead atoms. The van der Waals surface area contributed by atoms with Crippen molar-refractivity contribution in [3.63, 3.8) is 0 Å². The van der Waals surface area contributed by atoms with Crippen LogP contribution in [0.2, 0.25) is 0 Å². The lowest BCUT2D eigenvalue weighted by molar-refractivity contribution is -0.137. The zero-order valence-corrected chi connectivity index (χ0v) is 12.9. The van der Waals surface area contributed by atoms with Gasteiger partial charge in [-0.25, -0.2) is 0 Å². The van der Waals surface area contributed by atoms with E-state index in [1.54, 1.807) is 6.08 Å². The predicted molar refractivity (Wildman–Crippen MR) is 85.1 cm³/mol. The van der Waals surface area contributed by atoms with E-state index in [0.717, 1.165) is 24.8 Å². The maximum atomic E-state index is 11.8. The molecule has 0 radical (unpaired) electrons. The fraction of sp³-hybridized carbons (Fsp3) is 0.556. The third-order valence-corrected chi connectivity index (χ3v) is 3.71. The molecule has 0 fully saturated rings. The lowest BCUT2D eigenvalue weighted by Gasteiger charge is -2.09. The third-order valence-electron chi connectivity index (χ3n) is 3.71. The maximum Gasteiger partial charge on any atom is 0.303 e. The van der Waals surface area contributed by atoms with E-state index in [0.29, 0.717) is 6.42 Å². The van der Waals surface area contributed by atoms with Crippen LogP contribution in [0, 0.1) is 5.92 Å². The Morgan fingerprint density at radius 2 is 2.10 bits per heavy atom. The number of unbranched alkanes of at least 4 members (excludes halogenated alkanes) is 4. The van der Waals surface area contributed by atoms with Gasteiger partial charge in [0.05, 0.1) is 0 Å². The molecule has 0 aliphatic heterocycles. The third kappa shape index (κ3) is 7.07. The first kappa shape index (κ1) is 17.4. The Morgan fingerprint density at radius 1 is 1.29 bits per heavy atom. The average Bonchev–Trinajstić information content (AvgIpc) is 2.79. The van der Waals surface area contributed by atoms with Crippen LogP contribution in [0.15, 0.2) is 36.0 Å². The largest absolute Gasteiger partial charge is 0.481 e. The second-order valence-electron chi connectivity index (χ2n) is 5.52. The van der Waals surface area contributed by atoms with Gasteiger partial charge in [-0.1, -0.05) is 50.5 Å². The number of carboxylic acids is 1. The number of allylic oxidation sites excluding steroid dienone is 6. The fourth-order valence-corrected chi connectivity index (χ4v) is 2.46. The highest BCUT2D eigenvalue weighted by atomic mass is 16.4. The molecule has 21 heavy (non-hydrogen) atoms. The number of hydrogen-bond acceptors (Lipinski definition) is 2. The van der Waals surface area contributed by atoms with Crippen molar-refractivity contribution < 1.29 is 14.7 Å². The number of carbonyl (C=O) groups is 2. The second-order valence-corrected chi connectivity index (χ2v) is 5.52. The summed E-state index contributed by atoms with van der Waals surface area (Å²) in [5, 5.41) is 8.62. The first-order valence-corrected chi connectivity index (χ1v) is 7.96. The van der Waals surface area contributed by atoms with Gasteiger partial charge in [-0.05, 0) is 31.8 Å². The van der Waals surface area contributed by atoms with Gasteiger partial charge < -0.3 is 5.11 Å². The number of ketones is 1. The minimum Gasteiger partial charge on any atom is -0.481 e. The van der Waals surface area contributed by atoms with E-state index in [1.165, 1.54) is 19.3 Å². The molecule has 0 aromatic carbocycles. The molecular weight excluding hydrogens is 264 g/mol. The van der Waals surface area contributed by atoms with Gasteiger partial charge >= 0.3 is 5.97 Å². The lowest BCUT2D eigenvalue weighted by atomic mass is 9.95. The van der Waals surface area contributed by atoms with Crippen molar-refractivity contribution in [2.24, 2.45) is 5.92 Å². The van der Waals surface area contributed by atoms with Crippen LogP contribution in [0.5, 0.6) is 0 Å². The molecule has 3 nitrogen and oxygen atoms in total. The summed E-state index contributed by atoms with van der Waals surface area (Å²) in [6.45, 7) is 2.18. The van der Waals surface area contributed by atoms with Crippen LogP contribution >= 0.6 is 0 Å². The van der Waals surface area contributed by atoms with Crippen molar-refractivity contribution in [1.82, 2.24) is 0 Å². The molecule has 1 aliphatic carbocycles. The van der Waals surface area contributed by atoms with Crippen molar-refractivity contribution in [2.75, 3.05) is 0 Å². The van der Waals surface area contributed by atoms with Gasteiger partial charge in [0.15, 0.2) is 5.78 Å². The zero-order chi connectivity index (χ0) is 15.5. The molecule has 116 valence electrons. The van der Waals surface area contributed by atoms with Gasteiger partial charge in [-0.3, -0.25) is 9.59 Å². The molecule has 0 heterocycles. The average molecular weight is 290 g/mol. The van der Waals surface area contributed by atoms with E-state index in [9.17, 15) is 9.59 Å². The topological polar surface area (TPSA) is 54.4 Å². The quantitative estimate of drug-likeness (QED) is 0.477. The maximum absolute atomic E-state index is 11.8. The van der Waals surface area contributed by atoms with Crippen LogP contribution in [0.1, 0.15) is 58.3 Å². The molecular formula is C18H26O3. The Morgan fingerprint density at radius 3 is 2.81 bits per heavy atom. The minimum absolute atomic E-state index is 0.0939. The summed E-state index contributed by atoms with van der Waals surface area (Å²) in [4.78, 5) is 22.3. The number of aliphatic carboxylic acids is 1. The summed E-state index contributed by atoms with van der Waals surface area (Å²) >= 11 is 0. The Kier molecular flexibility index (Phi) is 8.41. The SMILES string of the molecule is CCCCC/C=C/C=C1/C(=O)C=C[C@@H]1CCCCC(=O)O. The van der Waals surface area contributed by atoms with E-state index < -0.39 is 5.97 Å². The Bertz CT molecular complexity index is 430. The summed E-state index contributed by atoms with van der Waals surface area (Å²) < 4.78 is 0. The molecule has 1 N–H and O–H groups in total. The first-order chi connectivity index (χ1) is 10.1. The molecule has 1 aliphatic rings. The molecule has 0 amide bonds. The number of carboxylic acid groups (broad SMARTS) is 1. The normalized spacial score (nSPS) is 20.0. The highest BCUT2D eigenvalue weighted by molar-refractivity contribution is 6.07. The number of rotatable bonds is 10. The van der Waals surface area contributed by atoms with Gasteiger partial charge in [0.1, 0.15) is 0 Å². The standard InChI is InChI=1S/C18H26O3/c1-2-3-4-5-6-7-11-16-15(13-14-17(16)19)10-8-9-12-18(20)21/h6-7,11,13-15H,2-5,8-10,12H2,1H3,(H,20,21)/b7-6+,16-11+/t15-/m0/s1. The molecule has 1 rings (SSSR count). The molecule has 0 spiro atoms. The molecule has 0 unspecified atom stereocenters. The van der Waals surface area contributed by atoms with E-state index in [1.807, 2.05) is 18.2 Å². The van der Waals surface area contributed by atoms with Crippen molar-refractivity contribution in [3.05, 3.63) is 36.0 Å². The first-order valence-electron chi connectivity index (χ1n) is 7.96. The van der Waals surface area contributed by atoms with Crippen LogP contribution in [0.3, 0.4) is 0 Å². The summed E-state index contributed by atoms with van der Waals surface area (Å²) in [6, 6.07) is 0. The monoisotopic (exact) mass is 290 g/mol. The molecule has 0 saturated heterocycles. The molecule has 0 aromatic heterocycles. The second kappa shape index (κ2) is 10.1. The van der Waals surface area contributed by atoms with E-state index >= 15 is 0 Å². The van der Waals surface area contributed by atoms with Crippen LogP contribution in [0.25, 0.3) is 0 Å². The summed E-state index contributed by atoms with van der Waals surface area (Å²) in [6.07, 6.45) is 16.9. The smallest absolute Gasteiger partial charge is 0.303 e. The molecule has 0 aromatic rings. The van der Waals surface area contributed by atoms with E-state index in [-0.39, 0.29) is 18.1 Å². The van der Waals surface area contributed by atoms with Crippen LogP contribution in [0.4, 0.5) is 0 Å². The van der Waals surface area contributed by atoms with Gasteiger partial charge in [0, 0.05) is 17.9 Å². The highest BCUT2D eigenvalue weighted by Gasteiger charge is 2.21. The van der Waals surface area contributed by atoms with Crippen LogP contribution in [-0.4, -0.2) is 16.9 Å². The van der Waals surface area contributed by atoms with Gasteiger partial charge in [0.25, 0.3) is 0 Å². The number of carbonyl (C=O) groups excluding carboxylic acids is 1. The number of hydrogen-bond donors (Lipinski definition) is 1. The van der Waals surface area contributed by atoms with Crippen molar-refractivity contribution in [2.45, 2.75) is 58.3 Å². The van der Waals surface area contributed by atoms with E-state index in [2.05, 4.69) is 13.0 Å². The summed E-state index contributed by atoms with van der Waals surface area (Å²) in [5.41, 5.74) is 0.845.